The van der Waals surface area contributed by atoms with Gasteiger partial charge >= 0.3 is 0 Å². The predicted octanol–water partition coefficient (Wildman–Crippen LogP) is 0.114. The number of likely N-dealkylation sites (N-methyl/N-ethyl adjacent to an activating group) is 1. The summed E-state index contributed by atoms with van der Waals surface area (Å²) in [7, 11) is 6.28. The molecule has 0 spiro atoms. The second-order valence-electron chi connectivity index (χ2n) is 9.54. The number of aromatic hydroxyl groups is 1. The molecule has 0 saturated heterocycles. The molecule has 0 saturated carbocycles. The van der Waals surface area contributed by atoms with Crippen LogP contribution >= 0.6 is 0 Å². The van der Waals surface area contributed by atoms with E-state index < -0.39 is 58.0 Å². The average Bonchev–Trinajstić information content (AvgIpc) is 2.77. The van der Waals surface area contributed by atoms with Gasteiger partial charge in [-0.1, -0.05) is 12.1 Å². The summed E-state index contributed by atoms with van der Waals surface area (Å²) in [6, 6.07) is 2.39. The highest BCUT2D eigenvalue weighted by Gasteiger charge is 2.63. The number of Topliss-reactive ketones (excluding diaryl/α,β-unsaturated/α-hetero) is 2. The number of hydrogen-bond acceptors (Lipinski definition) is 10. The van der Waals surface area contributed by atoms with Gasteiger partial charge in [-0.05, 0) is 38.4 Å². The fourth-order valence-corrected chi connectivity index (χ4v) is 5.70. The quantitative estimate of drug-likeness (QED) is 0.283. The molecule has 11 heteroatoms. The number of hydrogen-bond donors (Lipinski definition) is 5. The third-order valence-electron chi connectivity index (χ3n) is 7.38. The lowest BCUT2D eigenvalue weighted by molar-refractivity contribution is -0.148. The predicted molar refractivity (Wildman–Crippen MR) is 122 cm³/mol. The van der Waals surface area contributed by atoms with E-state index in [1.165, 1.54) is 17.1 Å². The summed E-state index contributed by atoms with van der Waals surface area (Å²) in [5.41, 5.74) is 2.63. The number of aliphatic hydroxyl groups is 3. The van der Waals surface area contributed by atoms with Crippen LogP contribution in [0.3, 0.4) is 0 Å². The summed E-state index contributed by atoms with van der Waals surface area (Å²) in [6.45, 7) is 0.179. The zero-order chi connectivity index (χ0) is 26.0. The molecule has 0 unspecified atom stereocenters. The molecular weight excluding hydrogens is 458 g/mol. The number of nitrogens with two attached hydrogens (primary N) is 1. The van der Waals surface area contributed by atoms with Crippen molar-refractivity contribution in [1.29, 1.82) is 0 Å². The van der Waals surface area contributed by atoms with Crippen LogP contribution in [0, 0.1) is 11.8 Å². The molecule has 0 fully saturated rings. The molecule has 1 aromatic carbocycles. The number of fused-ring (bicyclic) bond motifs is 3. The van der Waals surface area contributed by atoms with E-state index >= 15 is 0 Å². The van der Waals surface area contributed by atoms with Crippen molar-refractivity contribution in [3.05, 3.63) is 51.5 Å². The van der Waals surface area contributed by atoms with Gasteiger partial charge in [-0.3, -0.25) is 19.3 Å². The van der Waals surface area contributed by atoms with Crippen molar-refractivity contribution < 1.29 is 39.6 Å². The van der Waals surface area contributed by atoms with E-state index in [0.29, 0.717) is 11.1 Å². The fourth-order valence-electron chi connectivity index (χ4n) is 5.70. The third-order valence-corrected chi connectivity index (χ3v) is 7.38. The van der Waals surface area contributed by atoms with Gasteiger partial charge < -0.3 is 31.0 Å². The van der Waals surface area contributed by atoms with Crippen molar-refractivity contribution in [3.8, 4) is 5.75 Å². The zero-order valence-electron chi connectivity index (χ0n) is 19.9. The van der Waals surface area contributed by atoms with E-state index in [1.54, 1.807) is 33.3 Å². The van der Waals surface area contributed by atoms with Gasteiger partial charge in [0.05, 0.1) is 25.3 Å². The maximum absolute atomic E-state index is 13.6. The molecule has 3 aliphatic rings. The molecule has 35 heavy (non-hydrogen) atoms. The van der Waals surface area contributed by atoms with Crippen molar-refractivity contribution in [2.75, 3.05) is 28.3 Å². The molecule has 6 N–H and O–H groups in total. The van der Waals surface area contributed by atoms with Gasteiger partial charge in [0.1, 0.15) is 22.8 Å². The Hall–Kier alpha value is -3.25. The summed E-state index contributed by atoms with van der Waals surface area (Å²) < 4.78 is 0. The molecule has 4 atom stereocenters. The molecule has 0 aliphatic heterocycles. The SMILES string of the molecule is CON(C)Cc1ccc2c(c1O)C(=O)C1=C(O)[C@]3(O)C(=O)C(C(N)=O)=C(O)[C@@H](N(C)C)[C@@H]3C[C@@H]1C2. The van der Waals surface area contributed by atoms with Gasteiger partial charge in [0.2, 0.25) is 5.78 Å². The van der Waals surface area contributed by atoms with Crippen molar-refractivity contribution in [1.82, 2.24) is 9.96 Å². The van der Waals surface area contributed by atoms with E-state index in [4.69, 9.17) is 10.6 Å². The van der Waals surface area contributed by atoms with Gasteiger partial charge in [0.25, 0.3) is 5.91 Å². The smallest absolute Gasteiger partial charge is 0.255 e. The lowest BCUT2D eigenvalue weighted by atomic mass is 9.58. The Morgan fingerprint density at radius 3 is 2.43 bits per heavy atom. The van der Waals surface area contributed by atoms with Gasteiger partial charge in [-0.2, -0.15) is 5.06 Å². The number of benzene rings is 1. The van der Waals surface area contributed by atoms with Crippen LogP contribution in [0.15, 0.2) is 34.8 Å². The zero-order valence-corrected chi connectivity index (χ0v) is 19.9. The van der Waals surface area contributed by atoms with Crippen LogP contribution in [-0.2, 0) is 27.4 Å². The normalized spacial score (nSPS) is 28.4. The van der Waals surface area contributed by atoms with Crippen molar-refractivity contribution in [2.24, 2.45) is 17.6 Å². The first-order valence-electron chi connectivity index (χ1n) is 11.1. The van der Waals surface area contributed by atoms with Crippen LogP contribution in [0.25, 0.3) is 0 Å². The van der Waals surface area contributed by atoms with Gasteiger partial charge in [-0.25, -0.2) is 0 Å². The minimum atomic E-state index is -2.64. The summed E-state index contributed by atoms with van der Waals surface area (Å²) in [4.78, 5) is 45.5. The molecule has 4 rings (SSSR count). The van der Waals surface area contributed by atoms with Crippen molar-refractivity contribution in [3.63, 3.8) is 0 Å². The Bertz CT molecular complexity index is 1200. The largest absolute Gasteiger partial charge is 0.510 e. The molecule has 188 valence electrons. The molecule has 0 aromatic heterocycles. The molecule has 1 aromatic rings. The Labute approximate surface area is 201 Å². The third kappa shape index (κ3) is 3.46. The second kappa shape index (κ2) is 8.45. The van der Waals surface area contributed by atoms with E-state index in [2.05, 4.69) is 0 Å². The molecule has 0 radical (unpaired) electrons. The van der Waals surface area contributed by atoms with Crippen LogP contribution in [0.5, 0.6) is 5.75 Å². The van der Waals surface area contributed by atoms with Crippen molar-refractivity contribution >= 4 is 17.5 Å². The first-order chi connectivity index (χ1) is 16.4. The summed E-state index contributed by atoms with van der Waals surface area (Å²) in [5.74, 6) is -6.61. The topological polar surface area (TPSA) is 174 Å². The van der Waals surface area contributed by atoms with Crippen LogP contribution in [0.1, 0.15) is 27.9 Å². The Balaban J connectivity index is 1.89. The summed E-state index contributed by atoms with van der Waals surface area (Å²) in [6.07, 6.45) is 0.309. The first kappa shape index (κ1) is 24.9. The van der Waals surface area contributed by atoms with E-state index in [9.17, 15) is 34.8 Å². The molecule has 3 aliphatic carbocycles. The maximum atomic E-state index is 13.6. The van der Waals surface area contributed by atoms with E-state index in [0.717, 1.165) is 0 Å². The highest BCUT2D eigenvalue weighted by atomic mass is 16.7. The minimum Gasteiger partial charge on any atom is -0.510 e. The lowest BCUT2D eigenvalue weighted by Crippen LogP contribution is -2.63. The van der Waals surface area contributed by atoms with Crippen LogP contribution in [0.2, 0.25) is 0 Å². The molecule has 11 nitrogen and oxygen atoms in total. The number of ketones is 2. The van der Waals surface area contributed by atoms with Crippen LogP contribution in [-0.4, -0.2) is 87.8 Å². The highest BCUT2D eigenvalue weighted by molar-refractivity contribution is 6.24. The first-order valence-corrected chi connectivity index (χ1v) is 11.1. The molecular formula is C24H29N3O8. The number of aliphatic hydroxyl groups excluding tert-OH is 2. The standard InChI is InChI=1S/C24H29N3O8/c1-26(2)17-13-8-12-7-10-5-6-11(9-27(3)35-4)18(28)14(10)19(29)15(12)21(31)24(13,34)22(32)16(20(17)30)23(25)33/h5-6,12-13,17,28,30-31,34H,7-9H2,1-4H3,(H2,25,33)/t12-,13-,17-,24-/m0/s1. The second-order valence-corrected chi connectivity index (χ2v) is 9.54. The number of carbonyl (C=O) groups is 3. The number of phenols is 1. The number of amides is 1. The number of carbonyl (C=O) groups excluding carboxylic acids is 3. The van der Waals surface area contributed by atoms with E-state index in [1.807, 2.05) is 0 Å². The van der Waals surface area contributed by atoms with Crippen LogP contribution < -0.4 is 5.73 Å². The summed E-state index contributed by atoms with van der Waals surface area (Å²) >= 11 is 0. The fraction of sp³-hybridized carbons (Fsp3) is 0.458. The maximum Gasteiger partial charge on any atom is 0.255 e. The van der Waals surface area contributed by atoms with Gasteiger partial charge in [-0.15, -0.1) is 0 Å². The summed E-state index contributed by atoms with van der Waals surface area (Å²) in [5, 5.41) is 45.9. The average molecular weight is 488 g/mol. The lowest BCUT2D eigenvalue weighted by Gasteiger charge is -2.50. The van der Waals surface area contributed by atoms with Crippen molar-refractivity contribution in [2.45, 2.75) is 31.0 Å². The number of rotatable bonds is 5. The molecule has 0 heterocycles. The number of hydroxylamine groups is 2. The highest BCUT2D eigenvalue weighted by Crippen LogP contribution is 2.52. The molecule has 0 bridgehead atoms. The number of primary amides is 1. The van der Waals surface area contributed by atoms with E-state index in [-0.39, 0.29) is 36.3 Å². The Kier molecular flexibility index (Phi) is 6.00. The monoisotopic (exact) mass is 487 g/mol. The Morgan fingerprint density at radius 2 is 1.86 bits per heavy atom. The molecule has 1 amide bonds. The van der Waals surface area contributed by atoms with Gasteiger partial charge in [0, 0.05) is 24.1 Å². The number of phenolic OH excluding ortho intramolecular Hbond substituents is 1. The number of nitrogens with zero attached hydrogens (tertiary/aromatic N) is 2. The number of allylic oxidation sites excluding steroid dienone is 1. The van der Waals surface area contributed by atoms with Gasteiger partial charge in [0.15, 0.2) is 11.4 Å². The van der Waals surface area contributed by atoms with Crippen LogP contribution in [0.4, 0.5) is 0 Å². The Morgan fingerprint density at radius 1 is 1.20 bits per heavy atom. The minimum absolute atomic E-state index is 0.0206.